The quantitative estimate of drug-likeness (QED) is 0.689. The summed E-state index contributed by atoms with van der Waals surface area (Å²) in [5, 5.41) is 1.59. The molecule has 0 saturated heterocycles. The van der Waals surface area contributed by atoms with Crippen LogP contribution in [0.4, 0.5) is 0 Å². The molecule has 1 aromatic rings. The predicted octanol–water partition coefficient (Wildman–Crippen LogP) is 3.97. The van der Waals surface area contributed by atoms with Crippen LogP contribution in [-0.4, -0.2) is 8.80 Å². The fraction of sp³-hybridized carbons (Fsp3) is 0.467. The third-order valence-corrected chi connectivity index (χ3v) is 7.25. The smallest absolute Gasteiger partial charge is 0.0758 e. The SMILES string of the molecule is C=C(C)c1ccc([SiH](C(C)C)C(C)C)cc1. The van der Waals surface area contributed by atoms with Crippen molar-refractivity contribution in [1.82, 2.24) is 0 Å². The number of hydrogen-bond acceptors (Lipinski definition) is 0. The van der Waals surface area contributed by atoms with Crippen LogP contribution in [0.5, 0.6) is 0 Å². The van der Waals surface area contributed by atoms with E-state index in [4.69, 9.17) is 0 Å². The van der Waals surface area contributed by atoms with E-state index in [2.05, 4.69) is 65.5 Å². The maximum atomic E-state index is 3.98. The van der Waals surface area contributed by atoms with Gasteiger partial charge >= 0.3 is 0 Å². The molecule has 0 N–H and O–H groups in total. The Kier molecular flexibility index (Phi) is 4.54. The van der Waals surface area contributed by atoms with E-state index in [1.54, 1.807) is 5.19 Å². The molecule has 0 fully saturated rings. The standard InChI is InChI=1S/C15H24Si/c1-11(2)14-7-9-15(10-8-14)16(12(3)4)13(5)6/h7-10,12-13,16H,1H2,2-6H3. The molecule has 1 aromatic carbocycles. The maximum absolute atomic E-state index is 3.98. The highest BCUT2D eigenvalue weighted by Crippen LogP contribution is 2.20. The fourth-order valence-electron chi connectivity index (χ4n) is 2.53. The lowest BCUT2D eigenvalue weighted by Crippen LogP contribution is -2.35. The molecule has 0 nitrogen and oxygen atoms in total. The van der Waals surface area contributed by atoms with Gasteiger partial charge in [0.2, 0.25) is 0 Å². The van der Waals surface area contributed by atoms with E-state index >= 15 is 0 Å². The van der Waals surface area contributed by atoms with Gasteiger partial charge in [-0.15, -0.1) is 0 Å². The number of allylic oxidation sites excluding steroid dienone is 1. The lowest BCUT2D eigenvalue weighted by molar-refractivity contribution is 0.951. The van der Waals surface area contributed by atoms with Crippen LogP contribution in [0.2, 0.25) is 11.1 Å². The summed E-state index contributed by atoms with van der Waals surface area (Å²) < 4.78 is 0. The van der Waals surface area contributed by atoms with E-state index in [-0.39, 0.29) is 0 Å². The summed E-state index contributed by atoms with van der Waals surface area (Å²) in [6.07, 6.45) is 0. The molecule has 16 heavy (non-hydrogen) atoms. The Balaban J connectivity index is 2.99. The van der Waals surface area contributed by atoms with Crippen molar-refractivity contribution in [2.24, 2.45) is 0 Å². The molecule has 0 atom stereocenters. The monoisotopic (exact) mass is 232 g/mol. The molecule has 0 aliphatic carbocycles. The third kappa shape index (κ3) is 3.08. The topological polar surface area (TPSA) is 0 Å². The average Bonchev–Trinajstić information content (AvgIpc) is 2.17. The number of benzene rings is 1. The molecular weight excluding hydrogens is 208 g/mol. The molecular formula is C15H24Si. The third-order valence-electron chi connectivity index (χ3n) is 3.22. The highest BCUT2D eigenvalue weighted by atomic mass is 28.3. The summed E-state index contributed by atoms with van der Waals surface area (Å²) in [4.78, 5) is 0. The van der Waals surface area contributed by atoms with Gasteiger partial charge in [-0.25, -0.2) is 0 Å². The summed E-state index contributed by atoms with van der Waals surface area (Å²) >= 11 is 0. The predicted molar refractivity (Wildman–Crippen MR) is 78.1 cm³/mol. The van der Waals surface area contributed by atoms with Crippen LogP contribution in [0, 0.1) is 0 Å². The molecule has 0 aliphatic heterocycles. The average molecular weight is 232 g/mol. The Morgan fingerprint density at radius 2 is 1.44 bits per heavy atom. The summed E-state index contributed by atoms with van der Waals surface area (Å²) in [6, 6.07) is 9.09. The summed E-state index contributed by atoms with van der Waals surface area (Å²) in [5.41, 5.74) is 4.08. The van der Waals surface area contributed by atoms with E-state index in [1.165, 1.54) is 5.56 Å². The molecule has 0 amide bonds. The van der Waals surface area contributed by atoms with Crippen molar-refractivity contribution in [2.75, 3.05) is 0 Å². The molecule has 0 aliphatic rings. The molecule has 0 bridgehead atoms. The van der Waals surface area contributed by atoms with Gasteiger partial charge in [-0.1, -0.05) is 69.3 Å². The van der Waals surface area contributed by atoms with Gasteiger partial charge in [-0.3, -0.25) is 0 Å². The van der Waals surface area contributed by atoms with Gasteiger partial charge in [0.05, 0.1) is 8.80 Å². The first kappa shape index (κ1) is 13.2. The van der Waals surface area contributed by atoms with Crippen LogP contribution in [0.3, 0.4) is 0 Å². The van der Waals surface area contributed by atoms with Crippen molar-refractivity contribution in [3.63, 3.8) is 0 Å². The number of hydrogen-bond donors (Lipinski definition) is 0. The maximum Gasteiger partial charge on any atom is 0.0758 e. The molecule has 0 radical (unpaired) electrons. The van der Waals surface area contributed by atoms with E-state index in [9.17, 15) is 0 Å². The highest BCUT2D eigenvalue weighted by molar-refractivity contribution is 6.75. The first-order chi connectivity index (χ1) is 7.43. The van der Waals surface area contributed by atoms with Gasteiger partial charge < -0.3 is 0 Å². The fourth-order valence-corrected chi connectivity index (χ4v) is 6.25. The summed E-state index contributed by atoms with van der Waals surface area (Å²) in [7, 11) is -0.820. The van der Waals surface area contributed by atoms with Gasteiger partial charge in [0, 0.05) is 0 Å². The number of rotatable bonds is 4. The highest BCUT2D eigenvalue weighted by Gasteiger charge is 2.21. The van der Waals surface area contributed by atoms with Crippen molar-refractivity contribution in [3.8, 4) is 0 Å². The Labute approximate surface area is 102 Å². The van der Waals surface area contributed by atoms with E-state index in [1.807, 2.05) is 0 Å². The molecule has 0 aromatic heterocycles. The second-order valence-electron chi connectivity index (χ2n) is 5.42. The zero-order valence-corrected chi connectivity index (χ0v) is 12.4. The van der Waals surface area contributed by atoms with Gasteiger partial charge in [0.15, 0.2) is 0 Å². The van der Waals surface area contributed by atoms with Gasteiger partial charge in [0.25, 0.3) is 0 Å². The second-order valence-corrected chi connectivity index (χ2v) is 9.80. The van der Waals surface area contributed by atoms with Gasteiger partial charge in [-0.05, 0) is 23.6 Å². The van der Waals surface area contributed by atoms with Crippen molar-refractivity contribution in [1.29, 1.82) is 0 Å². The van der Waals surface area contributed by atoms with Crippen LogP contribution >= 0.6 is 0 Å². The Bertz CT molecular complexity index is 338. The van der Waals surface area contributed by atoms with E-state index in [0.29, 0.717) is 0 Å². The zero-order valence-electron chi connectivity index (χ0n) is 11.2. The Morgan fingerprint density at radius 3 is 1.75 bits per heavy atom. The Hall–Kier alpha value is -0.823. The molecule has 0 unspecified atom stereocenters. The summed E-state index contributed by atoms with van der Waals surface area (Å²) in [6.45, 7) is 15.5. The minimum absolute atomic E-state index is 0.820. The molecule has 0 saturated carbocycles. The van der Waals surface area contributed by atoms with Crippen LogP contribution in [0.1, 0.15) is 40.2 Å². The van der Waals surface area contributed by atoms with E-state index < -0.39 is 8.80 Å². The minimum atomic E-state index is -0.820. The lowest BCUT2D eigenvalue weighted by Gasteiger charge is -2.23. The van der Waals surface area contributed by atoms with Crippen LogP contribution in [0.25, 0.3) is 5.57 Å². The van der Waals surface area contributed by atoms with Crippen molar-refractivity contribution < 1.29 is 0 Å². The first-order valence-corrected chi connectivity index (χ1v) is 8.10. The summed E-state index contributed by atoms with van der Waals surface area (Å²) in [5.74, 6) is 0. The lowest BCUT2D eigenvalue weighted by atomic mass is 10.1. The van der Waals surface area contributed by atoms with Crippen molar-refractivity contribution in [2.45, 2.75) is 45.7 Å². The molecule has 1 rings (SSSR count). The first-order valence-electron chi connectivity index (χ1n) is 6.19. The van der Waals surface area contributed by atoms with Crippen LogP contribution < -0.4 is 5.19 Å². The molecule has 0 heterocycles. The van der Waals surface area contributed by atoms with Gasteiger partial charge in [0.1, 0.15) is 0 Å². The second kappa shape index (κ2) is 5.49. The molecule has 88 valence electrons. The van der Waals surface area contributed by atoms with Crippen molar-refractivity contribution in [3.05, 3.63) is 36.4 Å². The van der Waals surface area contributed by atoms with E-state index in [0.717, 1.165) is 16.7 Å². The molecule has 1 heteroatoms. The largest absolute Gasteiger partial charge is 0.0955 e. The zero-order chi connectivity index (χ0) is 12.3. The molecule has 0 spiro atoms. The van der Waals surface area contributed by atoms with Crippen LogP contribution in [-0.2, 0) is 0 Å². The van der Waals surface area contributed by atoms with Crippen LogP contribution in [0.15, 0.2) is 30.8 Å². The normalized spacial score (nSPS) is 11.5. The van der Waals surface area contributed by atoms with Gasteiger partial charge in [-0.2, -0.15) is 0 Å². The van der Waals surface area contributed by atoms with Crippen molar-refractivity contribution >= 4 is 19.6 Å². The Morgan fingerprint density at radius 1 is 1.00 bits per heavy atom. The minimum Gasteiger partial charge on any atom is -0.0955 e.